The van der Waals surface area contributed by atoms with Crippen LogP contribution in [0.15, 0.2) is 36.7 Å². The van der Waals surface area contributed by atoms with Crippen molar-refractivity contribution in [3.05, 3.63) is 42.2 Å². The molecule has 1 N–H and O–H groups in total. The second kappa shape index (κ2) is 6.65. The first-order chi connectivity index (χ1) is 10.7. The van der Waals surface area contributed by atoms with Gasteiger partial charge >= 0.3 is 0 Å². The quantitative estimate of drug-likeness (QED) is 0.882. The Morgan fingerprint density at radius 2 is 2.18 bits per heavy atom. The Balaban J connectivity index is 1.62. The molecule has 0 aliphatic carbocycles. The van der Waals surface area contributed by atoms with E-state index in [9.17, 15) is 9.90 Å². The molecular formula is C15H19N5O2. The van der Waals surface area contributed by atoms with Gasteiger partial charge in [0.25, 0.3) is 0 Å². The maximum atomic E-state index is 12.4. The number of aliphatic hydroxyl groups is 1. The highest BCUT2D eigenvalue weighted by atomic mass is 16.3. The van der Waals surface area contributed by atoms with Crippen molar-refractivity contribution in [2.45, 2.75) is 38.0 Å². The molecule has 7 heteroatoms. The van der Waals surface area contributed by atoms with E-state index in [1.165, 1.54) is 11.0 Å². The number of carbonyl (C=O) groups is 1. The number of likely N-dealkylation sites (tertiary alicyclic amines) is 1. The summed E-state index contributed by atoms with van der Waals surface area (Å²) < 4.78 is 1.42. The zero-order chi connectivity index (χ0) is 15.4. The van der Waals surface area contributed by atoms with Gasteiger partial charge < -0.3 is 10.0 Å². The van der Waals surface area contributed by atoms with Crippen LogP contribution in [0.25, 0.3) is 0 Å². The van der Waals surface area contributed by atoms with Gasteiger partial charge in [-0.3, -0.25) is 4.79 Å². The number of hydrogen-bond donors (Lipinski definition) is 1. The lowest BCUT2D eigenvalue weighted by Gasteiger charge is -2.26. The molecule has 1 aromatic carbocycles. The molecule has 1 saturated heterocycles. The summed E-state index contributed by atoms with van der Waals surface area (Å²) in [5.74, 6) is -0.00457. The molecule has 7 nitrogen and oxygen atoms in total. The van der Waals surface area contributed by atoms with Gasteiger partial charge in [-0.2, -0.15) is 0 Å². The summed E-state index contributed by atoms with van der Waals surface area (Å²) in [4.78, 5) is 14.2. The SMILES string of the molecule is O=C(Cn1cnnn1)N1CCCC1CC(O)c1ccccc1. The van der Waals surface area contributed by atoms with Crippen molar-refractivity contribution in [1.29, 1.82) is 0 Å². The number of carbonyl (C=O) groups excluding carboxylic acids is 1. The number of tetrazole rings is 1. The normalized spacial score (nSPS) is 19.3. The number of nitrogens with zero attached hydrogens (tertiary/aromatic N) is 5. The number of benzene rings is 1. The van der Waals surface area contributed by atoms with Gasteiger partial charge in [0.1, 0.15) is 12.9 Å². The molecule has 0 spiro atoms. The van der Waals surface area contributed by atoms with E-state index in [1.807, 2.05) is 35.2 Å². The lowest BCUT2D eigenvalue weighted by atomic mass is 10.0. The Labute approximate surface area is 128 Å². The van der Waals surface area contributed by atoms with Crippen LogP contribution >= 0.6 is 0 Å². The van der Waals surface area contributed by atoms with Crippen molar-refractivity contribution in [2.24, 2.45) is 0 Å². The molecule has 116 valence electrons. The molecule has 2 atom stereocenters. The minimum atomic E-state index is -0.548. The topological polar surface area (TPSA) is 84.1 Å². The van der Waals surface area contributed by atoms with Gasteiger partial charge in [0.2, 0.25) is 5.91 Å². The number of rotatable bonds is 5. The van der Waals surface area contributed by atoms with Crippen LogP contribution in [0.1, 0.15) is 30.9 Å². The molecule has 1 aliphatic rings. The second-order valence-corrected chi connectivity index (χ2v) is 5.55. The molecule has 1 amide bonds. The predicted molar refractivity (Wildman–Crippen MR) is 78.6 cm³/mol. The highest BCUT2D eigenvalue weighted by Gasteiger charge is 2.30. The van der Waals surface area contributed by atoms with E-state index >= 15 is 0 Å². The Hall–Kier alpha value is -2.28. The average molecular weight is 301 g/mol. The lowest BCUT2D eigenvalue weighted by molar-refractivity contribution is -0.133. The monoisotopic (exact) mass is 301 g/mol. The van der Waals surface area contributed by atoms with E-state index in [0.29, 0.717) is 6.42 Å². The molecule has 1 fully saturated rings. The first-order valence-corrected chi connectivity index (χ1v) is 7.47. The van der Waals surface area contributed by atoms with Crippen LogP contribution in [0.5, 0.6) is 0 Å². The summed E-state index contributed by atoms with van der Waals surface area (Å²) in [5, 5.41) is 21.1. The van der Waals surface area contributed by atoms with Gasteiger partial charge in [-0.15, -0.1) is 5.10 Å². The van der Waals surface area contributed by atoms with E-state index in [2.05, 4.69) is 15.5 Å². The van der Waals surface area contributed by atoms with E-state index in [0.717, 1.165) is 24.9 Å². The highest BCUT2D eigenvalue weighted by Crippen LogP contribution is 2.27. The fourth-order valence-electron chi connectivity index (χ4n) is 2.96. The van der Waals surface area contributed by atoms with Crippen LogP contribution in [0.4, 0.5) is 0 Å². The predicted octanol–water partition coefficient (Wildman–Crippen LogP) is 0.788. The van der Waals surface area contributed by atoms with Gasteiger partial charge in [0, 0.05) is 12.6 Å². The summed E-state index contributed by atoms with van der Waals surface area (Å²) in [7, 11) is 0. The molecule has 2 aromatic rings. The number of amides is 1. The number of aromatic nitrogens is 4. The fraction of sp³-hybridized carbons (Fsp3) is 0.467. The Morgan fingerprint density at radius 1 is 1.36 bits per heavy atom. The maximum absolute atomic E-state index is 12.4. The first-order valence-electron chi connectivity index (χ1n) is 7.47. The molecule has 0 saturated carbocycles. The van der Waals surface area contributed by atoms with Crippen molar-refractivity contribution < 1.29 is 9.90 Å². The lowest BCUT2D eigenvalue weighted by Crippen LogP contribution is -2.38. The highest BCUT2D eigenvalue weighted by molar-refractivity contribution is 5.76. The summed E-state index contributed by atoms with van der Waals surface area (Å²) >= 11 is 0. The smallest absolute Gasteiger partial charge is 0.244 e. The van der Waals surface area contributed by atoms with Crippen molar-refractivity contribution in [3.63, 3.8) is 0 Å². The molecule has 3 rings (SSSR count). The number of aliphatic hydroxyl groups excluding tert-OH is 1. The summed E-state index contributed by atoms with van der Waals surface area (Å²) in [5.41, 5.74) is 0.891. The minimum absolute atomic E-state index is 0.00457. The molecule has 1 aromatic heterocycles. The summed E-state index contributed by atoms with van der Waals surface area (Å²) in [6, 6.07) is 9.63. The Kier molecular flexibility index (Phi) is 4.43. The molecule has 22 heavy (non-hydrogen) atoms. The van der Waals surface area contributed by atoms with E-state index in [-0.39, 0.29) is 18.5 Å². The second-order valence-electron chi connectivity index (χ2n) is 5.55. The van der Waals surface area contributed by atoms with Gasteiger partial charge in [0.15, 0.2) is 0 Å². The fourth-order valence-corrected chi connectivity index (χ4v) is 2.96. The first kappa shape index (κ1) is 14.6. The molecular weight excluding hydrogens is 282 g/mol. The minimum Gasteiger partial charge on any atom is -0.388 e. The van der Waals surface area contributed by atoms with Crippen LogP contribution in [0, 0.1) is 0 Å². The van der Waals surface area contributed by atoms with Crippen LogP contribution in [-0.2, 0) is 11.3 Å². The van der Waals surface area contributed by atoms with Crippen molar-refractivity contribution in [1.82, 2.24) is 25.1 Å². The van der Waals surface area contributed by atoms with Crippen molar-refractivity contribution in [2.75, 3.05) is 6.54 Å². The van der Waals surface area contributed by atoms with E-state index in [4.69, 9.17) is 0 Å². The third kappa shape index (κ3) is 3.30. The van der Waals surface area contributed by atoms with Crippen LogP contribution < -0.4 is 0 Å². The number of hydrogen-bond acceptors (Lipinski definition) is 5. The third-order valence-electron chi connectivity index (χ3n) is 4.07. The summed E-state index contributed by atoms with van der Waals surface area (Å²) in [6.45, 7) is 0.873. The summed E-state index contributed by atoms with van der Waals surface area (Å²) in [6.07, 6.45) is 3.33. The van der Waals surface area contributed by atoms with Crippen molar-refractivity contribution >= 4 is 5.91 Å². The van der Waals surface area contributed by atoms with E-state index in [1.54, 1.807) is 0 Å². The van der Waals surface area contributed by atoms with Gasteiger partial charge in [-0.1, -0.05) is 30.3 Å². The van der Waals surface area contributed by atoms with Gasteiger partial charge in [-0.05, 0) is 35.3 Å². The molecule has 0 bridgehead atoms. The van der Waals surface area contributed by atoms with Gasteiger partial charge in [0.05, 0.1) is 6.10 Å². The molecule has 1 aliphatic heterocycles. The van der Waals surface area contributed by atoms with Crippen LogP contribution in [0.2, 0.25) is 0 Å². The van der Waals surface area contributed by atoms with Crippen LogP contribution in [-0.4, -0.2) is 48.7 Å². The molecule has 0 radical (unpaired) electrons. The zero-order valence-corrected chi connectivity index (χ0v) is 12.2. The largest absolute Gasteiger partial charge is 0.388 e. The molecule has 2 heterocycles. The van der Waals surface area contributed by atoms with Crippen molar-refractivity contribution in [3.8, 4) is 0 Å². The Bertz CT molecular complexity index is 602. The average Bonchev–Trinajstić information content (AvgIpc) is 3.19. The Morgan fingerprint density at radius 3 is 2.91 bits per heavy atom. The maximum Gasteiger partial charge on any atom is 0.244 e. The van der Waals surface area contributed by atoms with Crippen LogP contribution in [0.3, 0.4) is 0 Å². The standard InChI is InChI=1S/C15H19N5O2/c21-14(12-5-2-1-3-6-12)9-13-7-4-8-20(13)15(22)10-19-11-16-17-18-19/h1-3,5-6,11,13-14,21H,4,7-10H2. The zero-order valence-electron chi connectivity index (χ0n) is 12.2. The molecule has 2 unspecified atom stereocenters. The third-order valence-corrected chi connectivity index (χ3v) is 4.07. The van der Waals surface area contributed by atoms with E-state index < -0.39 is 6.10 Å². The van der Waals surface area contributed by atoms with Gasteiger partial charge in [-0.25, -0.2) is 4.68 Å².